The van der Waals surface area contributed by atoms with Crippen molar-refractivity contribution in [3.05, 3.63) is 90.3 Å². The molecule has 27 heavy (non-hydrogen) atoms. The average molecular weight is 552 g/mol. The summed E-state index contributed by atoms with van der Waals surface area (Å²) in [5, 5.41) is 0. The Morgan fingerprint density at radius 3 is 2.19 bits per heavy atom. The van der Waals surface area contributed by atoms with Gasteiger partial charge < -0.3 is 4.74 Å². The van der Waals surface area contributed by atoms with Gasteiger partial charge in [0.25, 0.3) is 0 Å². The predicted octanol–water partition coefficient (Wildman–Crippen LogP) is 7.92. The number of halogens is 3. The third kappa shape index (κ3) is 5.53. The lowest BCUT2D eigenvalue weighted by molar-refractivity contribution is 0.302. The van der Waals surface area contributed by atoms with Crippen molar-refractivity contribution < 1.29 is 4.74 Å². The molecular weight excluding hydrogens is 534 g/mol. The quantitative estimate of drug-likeness (QED) is 0.295. The van der Waals surface area contributed by atoms with Crippen LogP contribution < -0.4 is 4.74 Å². The summed E-state index contributed by atoms with van der Waals surface area (Å²) in [7, 11) is 0. The maximum Gasteiger partial charge on any atom is 0.148 e. The van der Waals surface area contributed by atoms with E-state index in [9.17, 15) is 0 Å². The molecule has 138 valence electrons. The van der Waals surface area contributed by atoms with Crippen LogP contribution in [0.15, 0.2) is 73.0 Å². The number of aliphatic imine (C=N–C) groups is 1. The molecule has 0 atom stereocenters. The minimum absolute atomic E-state index is 0.500. The van der Waals surface area contributed by atoms with Crippen LogP contribution in [0.25, 0.3) is 0 Å². The van der Waals surface area contributed by atoms with Crippen molar-refractivity contribution in [2.24, 2.45) is 4.99 Å². The van der Waals surface area contributed by atoms with Crippen molar-refractivity contribution in [2.75, 3.05) is 0 Å². The third-order valence-electron chi connectivity index (χ3n) is 4.02. The molecule has 3 rings (SSSR count). The molecule has 0 amide bonds. The van der Waals surface area contributed by atoms with Crippen LogP contribution in [0.1, 0.15) is 22.3 Å². The number of nitrogens with zero attached hydrogens (tertiary/aromatic N) is 1. The number of ether oxygens (including phenoxy) is 1. The lowest BCUT2D eigenvalue weighted by Crippen LogP contribution is -1.97. The molecule has 0 spiro atoms. The number of rotatable bonds is 5. The summed E-state index contributed by atoms with van der Waals surface area (Å²) >= 11 is 10.7. The van der Waals surface area contributed by atoms with Gasteiger partial charge >= 0.3 is 0 Å². The Labute approximate surface area is 185 Å². The summed E-state index contributed by atoms with van der Waals surface area (Å²) in [6.07, 6.45) is 1.87. The normalized spacial score (nSPS) is 11.1. The largest absolute Gasteiger partial charge is 0.487 e. The molecule has 5 heteroatoms. The molecule has 0 unspecified atom stereocenters. The van der Waals surface area contributed by atoms with Crippen LogP contribution in [-0.2, 0) is 6.61 Å². The average Bonchev–Trinajstić information content (AvgIpc) is 2.62. The molecule has 0 saturated carbocycles. The first-order chi connectivity index (χ1) is 12.9. The molecule has 0 heterocycles. The topological polar surface area (TPSA) is 21.6 Å². The van der Waals surface area contributed by atoms with Gasteiger partial charge in [0, 0.05) is 10.7 Å². The van der Waals surface area contributed by atoms with Crippen molar-refractivity contribution in [2.45, 2.75) is 20.5 Å². The van der Waals surface area contributed by atoms with Crippen molar-refractivity contribution in [1.82, 2.24) is 0 Å². The predicted molar refractivity (Wildman–Crippen MR) is 123 cm³/mol. The van der Waals surface area contributed by atoms with Gasteiger partial charge in [-0.15, -0.1) is 0 Å². The number of benzene rings is 3. The molecule has 0 N–H and O–H groups in total. The highest BCUT2D eigenvalue weighted by molar-refractivity contribution is 9.11. The van der Waals surface area contributed by atoms with Gasteiger partial charge in [-0.25, -0.2) is 0 Å². The molecule has 0 aliphatic heterocycles. The van der Waals surface area contributed by atoms with Gasteiger partial charge in [-0.1, -0.05) is 45.8 Å². The molecule has 0 fully saturated rings. The second-order valence-electron chi connectivity index (χ2n) is 6.28. The summed E-state index contributed by atoms with van der Waals surface area (Å²) in [5.41, 5.74) is 5.48. The molecule has 2 nitrogen and oxygen atoms in total. The molecule has 0 aliphatic carbocycles. The Morgan fingerprint density at radius 1 is 0.889 bits per heavy atom. The Hall–Kier alpha value is -1.43. The molecule has 0 bridgehead atoms. The SMILES string of the molecule is Cc1ccc(N=Cc2cc(Br)c(OCc3ccc(Br)cc3)c(Br)c2)c(C)c1. The maximum atomic E-state index is 5.99. The highest BCUT2D eigenvalue weighted by Crippen LogP contribution is 2.35. The summed E-state index contributed by atoms with van der Waals surface area (Å²) in [5.74, 6) is 0.779. The summed E-state index contributed by atoms with van der Waals surface area (Å²) in [6, 6.07) is 18.4. The lowest BCUT2D eigenvalue weighted by Gasteiger charge is -2.11. The number of aryl methyl sites for hydroxylation is 2. The van der Waals surface area contributed by atoms with Crippen LogP contribution in [0.3, 0.4) is 0 Å². The third-order valence-corrected chi connectivity index (χ3v) is 5.73. The highest BCUT2D eigenvalue weighted by Gasteiger charge is 2.09. The van der Waals surface area contributed by atoms with Crippen molar-refractivity contribution in [1.29, 1.82) is 0 Å². The first kappa shape index (κ1) is 20.3. The fourth-order valence-corrected chi connectivity index (χ4v) is 4.34. The van der Waals surface area contributed by atoms with E-state index in [4.69, 9.17) is 4.74 Å². The van der Waals surface area contributed by atoms with Crippen LogP contribution >= 0.6 is 47.8 Å². The summed E-state index contributed by atoms with van der Waals surface area (Å²) in [6.45, 7) is 4.66. The van der Waals surface area contributed by atoms with Crippen LogP contribution in [0.4, 0.5) is 5.69 Å². The molecule has 0 aromatic heterocycles. The fraction of sp³-hybridized carbons (Fsp3) is 0.136. The van der Waals surface area contributed by atoms with E-state index >= 15 is 0 Å². The standard InChI is InChI=1S/C22H18Br3NO/c1-14-3-8-21(15(2)9-14)26-12-17-10-19(24)22(20(25)11-17)27-13-16-4-6-18(23)7-5-16/h3-12H,13H2,1-2H3. The fourth-order valence-electron chi connectivity index (χ4n) is 2.62. The highest BCUT2D eigenvalue weighted by atomic mass is 79.9. The first-order valence-corrected chi connectivity index (χ1v) is 10.8. The molecule has 3 aromatic carbocycles. The molecule has 0 radical (unpaired) electrons. The minimum atomic E-state index is 0.500. The van der Waals surface area contributed by atoms with Crippen molar-refractivity contribution in [3.8, 4) is 5.75 Å². The number of hydrogen-bond donors (Lipinski definition) is 0. The van der Waals surface area contributed by atoms with Crippen LogP contribution in [0.5, 0.6) is 5.75 Å². The number of hydrogen-bond acceptors (Lipinski definition) is 2. The van der Waals surface area contributed by atoms with Gasteiger partial charge in [-0.2, -0.15) is 0 Å². The smallest absolute Gasteiger partial charge is 0.148 e. The van der Waals surface area contributed by atoms with Crippen molar-refractivity contribution >= 4 is 59.7 Å². The van der Waals surface area contributed by atoms with Gasteiger partial charge in [0.1, 0.15) is 12.4 Å². The van der Waals surface area contributed by atoms with Gasteiger partial charge in [-0.05, 0) is 92.7 Å². The Morgan fingerprint density at radius 2 is 1.56 bits per heavy atom. The molecular formula is C22H18Br3NO. The molecule has 0 aliphatic rings. The second kappa shape index (κ2) is 9.18. The Balaban J connectivity index is 1.75. The maximum absolute atomic E-state index is 5.99. The second-order valence-corrected chi connectivity index (χ2v) is 8.90. The summed E-state index contributed by atoms with van der Waals surface area (Å²) in [4.78, 5) is 4.62. The van der Waals surface area contributed by atoms with Crippen molar-refractivity contribution in [3.63, 3.8) is 0 Å². The van der Waals surface area contributed by atoms with Gasteiger partial charge in [0.15, 0.2) is 0 Å². The molecule has 3 aromatic rings. The van der Waals surface area contributed by atoms with Gasteiger partial charge in [-0.3, -0.25) is 4.99 Å². The van der Waals surface area contributed by atoms with E-state index in [0.717, 1.165) is 36.0 Å². The van der Waals surface area contributed by atoms with Gasteiger partial charge in [0.2, 0.25) is 0 Å². The zero-order valence-corrected chi connectivity index (χ0v) is 19.7. The van der Waals surface area contributed by atoms with Gasteiger partial charge in [0.05, 0.1) is 14.6 Å². The molecule has 0 saturated heterocycles. The first-order valence-electron chi connectivity index (χ1n) is 8.40. The van der Waals surface area contributed by atoms with E-state index in [1.807, 2.05) is 48.7 Å². The van der Waals surface area contributed by atoms with E-state index in [1.54, 1.807) is 0 Å². The van der Waals surface area contributed by atoms with E-state index < -0.39 is 0 Å². The Kier molecular flexibility index (Phi) is 6.90. The van der Waals surface area contributed by atoms with E-state index in [1.165, 1.54) is 11.1 Å². The Bertz CT molecular complexity index is 958. The lowest BCUT2D eigenvalue weighted by atomic mass is 10.1. The van der Waals surface area contributed by atoms with Crippen LogP contribution in [0.2, 0.25) is 0 Å². The van der Waals surface area contributed by atoms with E-state index in [2.05, 4.69) is 78.8 Å². The van der Waals surface area contributed by atoms with Crippen LogP contribution in [-0.4, -0.2) is 6.21 Å². The zero-order valence-electron chi connectivity index (χ0n) is 15.0. The van der Waals surface area contributed by atoms with Crippen LogP contribution in [0, 0.1) is 13.8 Å². The zero-order chi connectivity index (χ0) is 19.4. The monoisotopic (exact) mass is 549 g/mol. The summed E-state index contributed by atoms with van der Waals surface area (Å²) < 4.78 is 8.82. The van der Waals surface area contributed by atoms with E-state index in [-0.39, 0.29) is 0 Å². The van der Waals surface area contributed by atoms with E-state index in [0.29, 0.717) is 6.61 Å². The minimum Gasteiger partial charge on any atom is -0.487 e.